The Labute approximate surface area is 121 Å². The summed E-state index contributed by atoms with van der Waals surface area (Å²) in [6.45, 7) is 8.78. The molecular weight excluding hydrogens is 254 g/mol. The second-order valence-electron chi connectivity index (χ2n) is 5.53. The minimum Gasteiger partial charge on any atom is -0.396 e. The molecule has 0 atom stereocenters. The van der Waals surface area contributed by atoms with Gasteiger partial charge in [0.2, 0.25) is 5.91 Å². The first-order chi connectivity index (χ1) is 9.38. The van der Waals surface area contributed by atoms with Gasteiger partial charge in [0.05, 0.1) is 5.69 Å². The molecule has 0 saturated carbocycles. The molecule has 0 aliphatic heterocycles. The number of aliphatic hydroxyl groups excluding tert-OH is 1. The van der Waals surface area contributed by atoms with Crippen LogP contribution < -0.4 is 0 Å². The van der Waals surface area contributed by atoms with E-state index in [0.29, 0.717) is 19.4 Å². The predicted octanol–water partition coefficient (Wildman–Crippen LogP) is 1.59. The van der Waals surface area contributed by atoms with Crippen molar-refractivity contribution in [1.82, 2.24) is 14.7 Å². The molecule has 0 aliphatic rings. The fourth-order valence-electron chi connectivity index (χ4n) is 2.47. The third-order valence-electron chi connectivity index (χ3n) is 3.75. The van der Waals surface area contributed by atoms with Gasteiger partial charge in [-0.15, -0.1) is 0 Å². The second kappa shape index (κ2) is 7.43. The van der Waals surface area contributed by atoms with Crippen molar-refractivity contribution in [2.75, 3.05) is 13.2 Å². The summed E-state index contributed by atoms with van der Waals surface area (Å²) in [6.07, 6.45) is 1.86. The van der Waals surface area contributed by atoms with E-state index in [0.717, 1.165) is 17.8 Å². The van der Waals surface area contributed by atoms with Crippen molar-refractivity contribution >= 4 is 5.91 Å². The molecule has 0 bridgehead atoms. The molecule has 0 aromatic carbocycles. The van der Waals surface area contributed by atoms with Crippen LogP contribution in [0.3, 0.4) is 0 Å². The normalized spacial score (nSPS) is 11.2. The number of carbonyl (C=O) groups excluding carboxylic acids is 1. The zero-order chi connectivity index (χ0) is 15.3. The summed E-state index contributed by atoms with van der Waals surface area (Å²) in [5, 5.41) is 13.3. The van der Waals surface area contributed by atoms with Gasteiger partial charge < -0.3 is 10.0 Å². The monoisotopic (exact) mass is 281 g/mol. The number of aryl methyl sites for hydroxylation is 2. The molecule has 0 fully saturated rings. The van der Waals surface area contributed by atoms with Crippen LogP contribution in [0.25, 0.3) is 0 Å². The highest BCUT2D eigenvalue weighted by Crippen LogP contribution is 2.15. The molecule has 5 nitrogen and oxygen atoms in total. The molecule has 1 amide bonds. The summed E-state index contributed by atoms with van der Waals surface area (Å²) >= 11 is 0. The van der Waals surface area contributed by atoms with Gasteiger partial charge in [-0.1, -0.05) is 0 Å². The van der Waals surface area contributed by atoms with E-state index in [-0.39, 0.29) is 18.6 Å². The second-order valence-corrected chi connectivity index (χ2v) is 5.53. The lowest BCUT2D eigenvalue weighted by Crippen LogP contribution is -2.38. The van der Waals surface area contributed by atoms with Gasteiger partial charge in [-0.25, -0.2) is 0 Å². The SMILES string of the molecule is Cc1nn(C)c(C)c1CCC(=O)N(CCCO)C(C)C. The Bertz CT molecular complexity index is 452. The lowest BCUT2D eigenvalue weighted by Gasteiger charge is -2.26. The Morgan fingerprint density at radius 3 is 2.50 bits per heavy atom. The molecule has 0 spiro atoms. The van der Waals surface area contributed by atoms with E-state index in [1.807, 2.05) is 44.3 Å². The van der Waals surface area contributed by atoms with Crippen molar-refractivity contribution in [3.8, 4) is 0 Å². The first-order valence-corrected chi connectivity index (χ1v) is 7.27. The van der Waals surface area contributed by atoms with Gasteiger partial charge in [-0.05, 0) is 46.1 Å². The zero-order valence-electron chi connectivity index (χ0n) is 13.3. The molecule has 114 valence electrons. The van der Waals surface area contributed by atoms with E-state index < -0.39 is 0 Å². The molecule has 1 N–H and O–H groups in total. The molecule has 1 heterocycles. The number of carbonyl (C=O) groups is 1. The van der Waals surface area contributed by atoms with Crippen LogP contribution in [0.1, 0.15) is 43.6 Å². The van der Waals surface area contributed by atoms with Crippen LogP contribution in [0.15, 0.2) is 0 Å². The van der Waals surface area contributed by atoms with E-state index in [2.05, 4.69) is 5.10 Å². The van der Waals surface area contributed by atoms with Crippen molar-refractivity contribution in [1.29, 1.82) is 0 Å². The highest BCUT2D eigenvalue weighted by atomic mass is 16.3. The van der Waals surface area contributed by atoms with Crippen molar-refractivity contribution in [2.45, 2.75) is 53.0 Å². The number of amides is 1. The van der Waals surface area contributed by atoms with Crippen LogP contribution in [0.4, 0.5) is 0 Å². The predicted molar refractivity (Wildman–Crippen MR) is 79.6 cm³/mol. The van der Waals surface area contributed by atoms with Crippen LogP contribution in [0, 0.1) is 13.8 Å². The van der Waals surface area contributed by atoms with Crippen LogP contribution >= 0.6 is 0 Å². The standard InChI is InChI=1S/C15H27N3O2/c1-11(2)18(9-6-10-19)15(20)8-7-14-12(3)16-17(5)13(14)4/h11,19H,6-10H2,1-5H3. The Kier molecular flexibility index (Phi) is 6.20. The molecule has 1 aromatic heterocycles. The van der Waals surface area contributed by atoms with Gasteiger partial charge in [0.25, 0.3) is 0 Å². The summed E-state index contributed by atoms with van der Waals surface area (Å²) in [4.78, 5) is 14.2. The first-order valence-electron chi connectivity index (χ1n) is 7.27. The fraction of sp³-hybridized carbons (Fsp3) is 0.733. The van der Waals surface area contributed by atoms with E-state index in [9.17, 15) is 4.79 Å². The molecule has 0 unspecified atom stereocenters. The van der Waals surface area contributed by atoms with Crippen LogP contribution in [-0.2, 0) is 18.3 Å². The molecule has 0 radical (unpaired) electrons. The maximum absolute atomic E-state index is 12.3. The summed E-state index contributed by atoms with van der Waals surface area (Å²) in [7, 11) is 1.93. The van der Waals surface area contributed by atoms with Crippen LogP contribution in [0.5, 0.6) is 0 Å². The smallest absolute Gasteiger partial charge is 0.223 e. The minimum atomic E-state index is 0.122. The number of aliphatic hydroxyl groups is 1. The third kappa shape index (κ3) is 4.07. The highest BCUT2D eigenvalue weighted by Gasteiger charge is 2.18. The molecule has 20 heavy (non-hydrogen) atoms. The van der Waals surface area contributed by atoms with Crippen molar-refractivity contribution in [3.63, 3.8) is 0 Å². The van der Waals surface area contributed by atoms with Crippen molar-refractivity contribution in [3.05, 3.63) is 17.0 Å². The van der Waals surface area contributed by atoms with Gasteiger partial charge in [0.15, 0.2) is 0 Å². The van der Waals surface area contributed by atoms with Crippen LogP contribution in [-0.4, -0.2) is 44.9 Å². The number of rotatable bonds is 7. The number of hydrogen-bond donors (Lipinski definition) is 1. The van der Waals surface area contributed by atoms with Gasteiger partial charge in [-0.2, -0.15) is 5.10 Å². The maximum Gasteiger partial charge on any atom is 0.223 e. The molecular formula is C15H27N3O2. The van der Waals surface area contributed by atoms with E-state index in [1.54, 1.807) is 0 Å². The highest BCUT2D eigenvalue weighted by molar-refractivity contribution is 5.76. The molecule has 0 aliphatic carbocycles. The minimum absolute atomic E-state index is 0.122. The number of hydrogen-bond acceptors (Lipinski definition) is 3. The van der Waals surface area contributed by atoms with Gasteiger partial charge >= 0.3 is 0 Å². The molecule has 1 aromatic rings. The maximum atomic E-state index is 12.3. The largest absolute Gasteiger partial charge is 0.396 e. The Morgan fingerprint density at radius 2 is 2.05 bits per heavy atom. The van der Waals surface area contributed by atoms with Gasteiger partial charge in [-0.3, -0.25) is 9.48 Å². The lowest BCUT2D eigenvalue weighted by atomic mass is 10.1. The summed E-state index contributed by atoms with van der Waals surface area (Å²) in [5.74, 6) is 0.149. The summed E-state index contributed by atoms with van der Waals surface area (Å²) in [6, 6.07) is 0.171. The van der Waals surface area contributed by atoms with Gasteiger partial charge in [0.1, 0.15) is 0 Å². The van der Waals surface area contributed by atoms with E-state index in [1.165, 1.54) is 5.56 Å². The van der Waals surface area contributed by atoms with Crippen molar-refractivity contribution < 1.29 is 9.90 Å². The number of aromatic nitrogens is 2. The Hall–Kier alpha value is -1.36. The quantitative estimate of drug-likeness (QED) is 0.825. The molecule has 1 rings (SSSR count). The summed E-state index contributed by atoms with van der Waals surface area (Å²) < 4.78 is 1.86. The van der Waals surface area contributed by atoms with Crippen molar-refractivity contribution in [2.24, 2.45) is 7.05 Å². The topological polar surface area (TPSA) is 58.4 Å². The van der Waals surface area contributed by atoms with Gasteiger partial charge in [0, 0.05) is 38.4 Å². The lowest BCUT2D eigenvalue weighted by molar-refractivity contribution is -0.133. The Morgan fingerprint density at radius 1 is 1.40 bits per heavy atom. The summed E-state index contributed by atoms with van der Waals surface area (Å²) in [5.41, 5.74) is 3.30. The average Bonchev–Trinajstić information content (AvgIpc) is 2.61. The van der Waals surface area contributed by atoms with Crippen LogP contribution in [0.2, 0.25) is 0 Å². The van der Waals surface area contributed by atoms with E-state index >= 15 is 0 Å². The number of nitrogens with zero attached hydrogens (tertiary/aromatic N) is 3. The third-order valence-corrected chi connectivity index (χ3v) is 3.75. The first kappa shape index (κ1) is 16.7. The fourth-order valence-corrected chi connectivity index (χ4v) is 2.47. The van der Waals surface area contributed by atoms with E-state index in [4.69, 9.17) is 5.11 Å². The average molecular weight is 281 g/mol. The Balaban J connectivity index is 2.65. The molecule has 0 saturated heterocycles. The zero-order valence-corrected chi connectivity index (χ0v) is 13.3. The molecule has 5 heteroatoms.